The maximum atomic E-state index is 12.6. The second-order valence-electron chi connectivity index (χ2n) is 6.16. The fourth-order valence-corrected chi connectivity index (χ4v) is 2.48. The monoisotopic (exact) mass is 370 g/mol. The summed E-state index contributed by atoms with van der Waals surface area (Å²) in [6.45, 7) is 5.26. The molecule has 6 heteroatoms. The van der Waals surface area contributed by atoms with Gasteiger partial charge in [0.2, 0.25) is 0 Å². The summed E-state index contributed by atoms with van der Waals surface area (Å²) >= 11 is 0. The fraction of sp³-hybridized carbons (Fsp3) is 0.190. The van der Waals surface area contributed by atoms with E-state index in [0.29, 0.717) is 11.1 Å². The minimum absolute atomic E-state index is 0.0129. The highest BCUT2D eigenvalue weighted by Crippen LogP contribution is 2.39. The van der Waals surface area contributed by atoms with Crippen LogP contribution in [0.15, 0.2) is 48.6 Å². The minimum Gasteiger partial charge on any atom is -0.508 e. The molecule has 2 rings (SSSR count). The number of ketones is 1. The lowest BCUT2D eigenvalue weighted by Gasteiger charge is -2.17. The van der Waals surface area contributed by atoms with Gasteiger partial charge in [0.15, 0.2) is 5.78 Å². The van der Waals surface area contributed by atoms with Gasteiger partial charge in [-0.2, -0.15) is 0 Å². The van der Waals surface area contributed by atoms with E-state index in [0.717, 1.165) is 0 Å². The number of allylic oxidation sites excluding steroid dienone is 1. The molecule has 0 amide bonds. The smallest absolute Gasteiger partial charge is 0.193 e. The maximum Gasteiger partial charge on any atom is 0.193 e. The number of phenols is 3. The van der Waals surface area contributed by atoms with Gasteiger partial charge in [0.1, 0.15) is 28.6 Å². The molecule has 0 fully saturated rings. The van der Waals surface area contributed by atoms with Crippen molar-refractivity contribution >= 4 is 11.9 Å². The quantitative estimate of drug-likeness (QED) is 0.339. The number of benzene rings is 2. The Morgan fingerprint density at radius 3 is 2.41 bits per heavy atom. The average molecular weight is 370 g/mol. The van der Waals surface area contributed by atoms with Gasteiger partial charge in [-0.3, -0.25) is 4.79 Å². The summed E-state index contributed by atoms with van der Waals surface area (Å²) in [6.07, 6.45) is 1.69. The van der Waals surface area contributed by atoms with Crippen LogP contribution in [0, 0.1) is 0 Å². The third kappa shape index (κ3) is 4.68. The molecule has 0 aromatic heterocycles. The lowest BCUT2D eigenvalue weighted by atomic mass is 9.96. The second-order valence-corrected chi connectivity index (χ2v) is 6.16. The van der Waals surface area contributed by atoms with Crippen molar-refractivity contribution in [2.45, 2.75) is 19.4 Å². The van der Waals surface area contributed by atoms with E-state index in [1.54, 1.807) is 19.1 Å². The van der Waals surface area contributed by atoms with E-state index >= 15 is 0 Å². The molecule has 0 bridgehead atoms. The van der Waals surface area contributed by atoms with Crippen LogP contribution in [0.3, 0.4) is 0 Å². The Labute approximate surface area is 157 Å². The van der Waals surface area contributed by atoms with E-state index in [-0.39, 0.29) is 34.8 Å². The van der Waals surface area contributed by atoms with Crippen molar-refractivity contribution in [1.82, 2.24) is 0 Å². The van der Waals surface area contributed by atoms with E-state index in [9.17, 15) is 25.2 Å². The van der Waals surface area contributed by atoms with E-state index in [1.165, 1.54) is 37.5 Å². The molecule has 2 aromatic rings. The van der Waals surface area contributed by atoms with Gasteiger partial charge >= 0.3 is 0 Å². The number of methoxy groups -OCH3 is 1. The molecule has 0 heterocycles. The van der Waals surface area contributed by atoms with Crippen molar-refractivity contribution in [2.24, 2.45) is 0 Å². The first kappa shape index (κ1) is 20.1. The predicted molar refractivity (Wildman–Crippen MR) is 102 cm³/mol. The van der Waals surface area contributed by atoms with Crippen molar-refractivity contribution in [3.63, 3.8) is 0 Å². The fourth-order valence-electron chi connectivity index (χ4n) is 2.48. The maximum absolute atomic E-state index is 12.6. The van der Waals surface area contributed by atoms with E-state index < -0.39 is 17.6 Å². The number of aliphatic hydroxyl groups is 1. The summed E-state index contributed by atoms with van der Waals surface area (Å²) in [5, 5.41) is 40.0. The lowest BCUT2D eigenvalue weighted by Crippen LogP contribution is -2.12. The number of phenolic OH excluding ortho intramolecular Hbond substituents is 3. The predicted octanol–water partition coefficient (Wildman–Crippen LogP) is 3.19. The molecular formula is C21H22O6. The number of carbonyl (C=O) groups excluding carboxylic acids is 1. The van der Waals surface area contributed by atoms with Crippen LogP contribution in [0.25, 0.3) is 6.08 Å². The number of carbonyl (C=O) groups is 1. The molecule has 27 heavy (non-hydrogen) atoms. The van der Waals surface area contributed by atoms with Gasteiger partial charge in [0, 0.05) is 18.1 Å². The van der Waals surface area contributed by atoms with E-state index in [1.807, 2.05) is 0 Å². The molecule has 0 saturated carbocycles. The van der Waals surface area contributed by atoms with Crippen molar-refractivity contribution in [3.05, 3.63) is 65.3 Å². The van der Waals surface area contributed by atoms with Crippen molar-refractivity contribution < 1.29 is 30.0 Å². The lowest BCUT2D eigenvalue weighted by molar-refractivity contribution is 0.104. The standard InChI is InChI=1S/C21H22O6/c1-12(2)17(24)10-15-18(25)11-19(27-3)20(21(15)26)16(23)9-6-13-4-7-14(22)8-5-13/h4-9,11,17,22,24-26H,1,10H2,2-3H3/b9-6+/t17-/m1/s1. The molecule has 0 spiro atoms. The summed E-state index contributed by atoms with van der Waals surface area (Å²) in [7, 11) is 1.32. The van der Waals surface area contributed by atoms with Crippen LogP contribution in [0.4, 0.5) is 0 Å². The highest BCUT2D eigenvalue weighted by molar-refractivity contribution is 6.11. The van der Waals surface area contributed by atoms with Gasteiger partial charge in [-0.15, -0.1) is 0 Å². The number of ether oxygens (including phenoxy) is 1. The Hall–Kier alpha value is -3.25. The Morgan fingerprint density at radius 1 is 1.22 bits per heavy atom. The minimum atomic E-state index is -0.981. The largest absolute Gasteiger partial charge is 0.508 e. The topological polar surface area (TPSA) is 107 Å². The molecule has 0 saturated heterocycles. The van der Waals surface area contributed by atoms with Gasteiger partial charge < -0.3 is 25.2 Å². The van der Waals surface area contributed by atoms with Gasteiger partial charge in [0.25, 0.3) is 0 Å². The van der Waals surface area contributed by atoms with E-state index in [2.05, 4.69) is 6.58 Å². The van der Waals surface area contributed by atoms with Crippen LogP contribution < -0.4 is 4.74 Å². The summed E-state index contributed by atoms with van der Waals surface area (Å²) in [4.78, 5) is 12.6. The Balaban J connectivity index is 2.42. The van der Waals surface area contributed by atoms with Crippen molar-refractivity contribution in [2.75, 3.05) is 7.11 Å². The Morgan fingerprint density at radius 2 is 1.85 bits per heavy atom. The molecule has 0 aliphatic rings. The third-order valence-electron chi connectivity index (χ3n) is 4.10. The summed E-state index contributed by atoms with van der Waals surface area (Å²) < 4.78 is 5.12. The molecule has 6 nitrogen and oxygen atoms in total. The highest BCUT2D eigenvalue weighted by Gasteiger charge is 2.24. The van der Waals surface area contributed by atoms with Crippen LogP contribution >= 0.6 is 0 Å². The van der Waals surface area contributed by atoms with E-state index in [4.69, 9.17) is 4.74 Å². The molecule has 142 valence electrons. The van der Waals surface area contributed by atoms with Gasteiger partial charge in [-0.1, -0.05) is 30.4 Å². The zero-order chi connectivity index (χ0) is 20.1. The Bertz CT molecular complexity index is 881. The van der Waals surface area contributed by atoms with Gasteiger partial charge in [0.05, 0.1) is 13.2 Å². The molecule has 4 N–H and O–H groups in total. The van der Waals surface area contributed by atoms with Crippen LogP contribution in [-0.2, 0) is 6.42 Å². The van der Waals surface area contributed by atoms with Crippen molar-refractivity contribution in [3.8, 4) is 23.0 Å². The molecule has 1 atom stereocenters. The average Bonchev–Trinajstić information content (AvgIpc) is 2.63. The molecule has 0 aliphatic heterocycles. The van der Waals surface area contributed by atoms with Crippen LogP contribution in [0.2, 0.25) is 0 Å². The zero-order valence-electron chi connectivity index (χ0n) is 15.1. The number of hydrogen-bond donors (Lipinski definition) is 4. The normalized spacial score (nSPS) is 12.1. The zero-order valence-corrected chi connectivity index (χ0v) is 15.1. The number of hydrogen-bond acceptors (Lipinski definition) is 6. The molecule has 0 aliphatic carbocycles. The van der Waals surface area contributed by atoms with Crippen molar-refractivity contribution in [1.29, 1.82) is 0 Å². The number of aromatic hydroxyl groups is 3. The first-order valence-electron chi connectivity index (χ1n) is 8.21. The SMILES string of the molecule is C=C(C)[C@H](O)Cc1c(O)cc(OC)c(C(=O)/C=C/c2ccc(O)cc2)c1O. The molecule has 0 unspecified atom stereocenters. The summed E-state index contributed by atoms with van der Waals surface area (Å²) in [6, 6.07) is 7.45. The van der Waals surface area contributed by atoms with Crippen LogP contribution in [0.1, 0.15) is 28.4 Å². The van der Waals surface area contributed by atoms with Crippen LogP contribution in [-0.4, -0.2) is 39.4 Å². The molecular weight excluding hydrogens is 348 g/mol. The van der Waals surface area contributed by atoms with Crippen LogP contribution in [0.5, 0.6) is 23.0 Å². The van der Waals surface area contributed by atoms with Gasteiger partial charge in [-0.05, 0) is 30.7 Å². The first-order valence-corrected chi connectivity index (χ1v) is 8.21. The third-order valence-corrected chi connectivity index (χ3v) is 4.10. The molecule has 0 radical (unpaired) electrons. The first-order chi connectivity index (χ1) is 12.7. The highest BCUT2D eigenvalue weighted by atomic mass is 16.5. The second kappa shape index (κ2) is 8.42. The summed E-state index contributed by atoms with van der Waals surface area (Å²) in [5.41, 5.74) is 1.06. The molecule has 2 aromatic carbocycles. The Kier molecular flexibility index (Phi) is 6.26. The van der Waals surface area contributed by atoms with Gasteiger partial charge in [-0.25, -0.2) is 0 Å². The summed E-state index contributed by atoms with van der Waals surface area (Å²) in [5.74, 6) is -1.16. The number of aliphatic hydroxyl groups excluding tert-OH is 1. The number of rotatable bonds is 7.